The molecule has 0 amide bonds. The minimum absolute atomic E-state index is 0.0458. The zero-order valence-electron chi connectivity index (χ0n) is 17.1. The first-order valence-electron chi connectivity index (χ1n) is 9.70. The summed E-state index contributed by atoms with van der Waals surface area (Å²) in [6.07, 6.45) is 3.71. The number of hydrogen-bond acceptors (Lipinski definition) is 4. The average Bonchev–Trinajstić information content (AvgIpc) is 3.21. The molecule has 6 nitrogen and oxygen atoms in total. The van der Waals surface area contributed by atoms with Gasteiger partial charge in [0.15, 0.2) is 5.11 Å². The summed E-state index contributed by atoms with van der Waals surface area (Å²) in [5.74, 6) is 0. The van der Waals surface area contributed by atoms with Crippen molar-refractivity contribution >= 4 is 44.4 Å². The monoisotopic (exact) mass is 432 g/mol. The van der Waals surface area contributed by atoms with Crippen LogP contribution in [0.5, 0.6) is 0 Å². The third-order valence-electron chi connectivity index (χ3n) is 5.18. The fourth-order valence-corrected chi connectivity index (χ4v) is 4.16. The van der Waals surface area contributed by atoms with Gasteiger partial charge in [-0.1, -0.05) is 18.2 Å². The van der Waals surface area contributed by atoms with Gasteiger partial charge in [-0.3, -0.25) is 4.31 Å². The molecule has 1 heterocycles. The van der Waals surface area contributed by atoms with Crippen LogP contribution < -0.4 is 19.8 Å². The predicted octanol–water partition coefficient (Wildman–Crippen LogP) is 3.73. The Balaban J connectivity index is 1.60. The topological polar surface area (TPSA) is 64.7 Å². The summed E-state index contributed by atoms with van der Waals surface area (Å²) in [6, 6.07) is 15.8. The molecule has 156 valence electrons. The maximum absolute atomic E-state index is 11.7. The molecule has 2 aromatic carbocycles. The summed E-state index contributed by atoms with van der Waals surface area (Å²) in [4.78, 5) is 2.41. The number of benzene rings is 2. The molecule has 1 atom stereocenters. The molecule has 2 N–H and O–H groups in total. The highest BCUT2D eigenvalue weighted by Crippen LogP contribution is 2.23. The molecule has 29 heavy (non-hydrogen) atoms. The van der Waals surface area contributed by atoms with Crippen LogP contribution in [0.4, 0.5) is 17.1 Å². The number of anilines is 3. The molecule has 1 aliphatic heterocycles. The quantitative estimate of drug-likeness (QED) is 0.678. The van der Waals surface area contributed by atoms with Gasteiger partial charge in [-0.15, -0.1) is 0 Å². The van der Waals surface area contributed by atoms with Gasteiger partial charge < -0.3 is 15.5 Å². The molecular weight excluding hydrogens is 404 g/mol. The molecule has 0 radical (unpaired) electrons. The van der Waals surface area contributed by atoms with Crippen molar-refractivity contribution in [3.8, 4) is 0 Å². The Morgan fingerprint density at radius 2 is 1.79 bits per heavy atom. The summed E-state index contributed by atoms with van der Waals surface area (Å²) < 4.78 is 24.7. The van der Waals surface area contributed by atoms with E-state index in [1.807, 2.05) is 6.07 Å². The maximum Gasteiger partial charge on any atom is 0.231 e. The molecular formula is C21H28N4O2S2. The first-order valence-corrected chi connectivity index (χ1v) is 12.0. The molecule has 1 aliphatic rings. The molecule has 3 rings (SSSR count). The van der Waals surface area contributed by atoms with E-state index in [2.05, 4.69) is 46.7 Å². The number of hydrogen-bond donors (Lipinski definition) is 2. The Kier molecular flexibility index (Phi) is 6.64. The fraction of sp³-hybridized carbons (Fsp3) is 0.381. The van der Waals surface area contributed by atoms with Crippen molar-refractivity contribution in [1.29, 1.82) is 0 Å². The standard InChI is InChI=1S/C21H28N4O2S2/c1-16(17-9-11-19(12-10-17)25-13-4-5-14-25)22-21(28)23-18-7-6-8-20(15-18)24(2)29(3,26)27/h6-12,15-16H,4-5,13-14H2,1-3H3,(H2,22,23,28). The lowest BCUT2D eigenvalue weighted by Gasteiger charge is -2.21. The van der Waals surface area contributed by atoms with Gasteiger partial charge in [0, 0.05) is 31.5 Å². The third kappa shape index (κ3) is 5.61. The SMILES string of the molecule is CC(NC(=S)Nc1cccc(N(C)S(C)(=O)=O)c1)c1ccc(N2CCCC2)cc1. The van der Waals surface area contributed by atoms with Crippen LogP contribution in [0.25, 0.3) is 0 Å². The Labute approximate surface area is 179 Å². The largest absolute Gasteiger partial charge is 0.372 e. The van der Waals surface area contributed by atoms with Crippen molar-refractivity contribution < 1.29 is 8.42 Å². The Hall–Kier alpha value is -2.32. The van der Waals surface area contributed by atoms with Crippen molar-refractivity contribution in [1.82, 2.24) is 5.32 Å². The molecule has 0 spiro atoms. The highest BCUT2D eigenvalue weighted by atomic mass is 32.2. The van der Waals surface area contributed by atoms with Gasteiger partial charge in [-0.25, -0.2) is 8.42 Å². The highest BCUT2D eigenvalue weighted by molar-refractivity contribution is 7.92. The smallest absolute Gasteiger partial charge is 0.231 e. The van der Waals surface area contributed by atoms with Gasteiger partial charge in [0.1, 0.15) is 0 Å². The Morgan fingerprint density at radius 3 is 2.41 bits per heavy atom. The molecule has 0 bridgehead atoms. The summed E-state index contributed by atoms with van der Waals surface area (Å²) in [7, 11) is -1.79. The van der Waals surface area contributed by atoms with Crippen molar-refractivity contribution in [2.24, 2.45) is 0 Å². The van der Waals surface area contributed by atoms with E-state index < -0.39 is 10.0 Å². The second-order valence-corrected chi connectivity index (χ2v) is 9.81. The number of nitrogens with zero attached hydrogens (tertiary/aromatic N) is 2. The van der Waals surface area contributed by atoms with Crippen LogP contribution in [0.3, 0.4) is 0 Å². The van der Waals surface area contributed by atoms with Crippen LogP contribution in [-0.4, -0.2) is 39.9 Å². The summed E-state index contributed by atoms with van der Waals surface area (Å²) >= 11 is 5.45. The van der Waals surface area contributed by atoms with Gasteiger partial charge in [0.05, 0.1) is 18.0 Å². The number of rotatable bonds is 6. The summed E-state index contributed by atoms with van der Waals surface area (Å²) in [6.45, 7) is 4.33. The normalized spacial score (nSPS) is 15.1. The number of nitrogens with one attached hydrogen (secondary N) is 2. The summed E-state index contributed by atoms with van der Waals surface area (Å²) in [5, 5.41) is 6.91. The molecule has 0 aromatic heterocycles. The fourth-order valence-electron chi connectivity index (χ4n) is 3.37. The van der Waals surface area contributed by atoms with Gasteiger partial charge >= 0.3 is 0 Å². The first-order chi connectivity index (χ1) is 13.7. The first kappa shape index (κ1) is 21.4. The van der Waals surface area contributed by atoms with E-state index in [1.54, 1.807) is 18.2 Å². The molecule has 8 heteroatoms. The van der Waals surface area contributed by atoms with Crippen molar-refractivity contribution in [2.75, 3.05) is 40.9 Å². The van der Waals surface area contributed by atoms with Crippen molar-refractivity contribution in [2.45, 2.75) is 25.8 Å². The second-order valence-electron chi connectivity index (χ2n) is 7.39. The van der Waals surface area contributed by atoms with E-state index in [9.17, 15) is 8.42 Å². The highest BCUT2D eigenvalue weighted by Gasteiger charge is 2.14. The minimum atomic E-state index is -3.31. The van der Waals surface area contributed by atoms with E-state index >= 15 is 0 Å². The average molecular weight is 433 g/mol. The zero-order chi connectivity index (χ0) is 21.0. The van der Waals surface area contributed by atoms with Gasteiger partial charge in [-0.05, 0) is 67.9 Å². The molecule has 2 aromatic rings. The minimum Gasteiger partial charge on any atom is -0.372 e. The number of sulfonamides is 1. The lowest BCUT2D eigenvalue weighted by Crippen LogP contribution is -2.31. The zero-order valence-corrected chi connectivity index (χ0v) is 18.7. The van der Waals surface area contributed by atoms with Crippen LogP contribution >= 0.6 is 12.2 Å². The predicted molar refractivity (Wildman–Crippen MR) is 125 cm³/mol. The van der Waals surface area contributed by atoms with Crippen LogP contribution in [0.15, 0.2) is 48.5 Å². The Bertz CT molecular complexity index is 955. The van der Waals surface area contributed by atoms with Gasteiger partial charge in [0.25, 0.3) is 0 Å². The third-order valence-corrected chi connectivity index (χ3v) is 6.60. The molecule has 0 saturated carbocycles. The maximum atomic E-state index is 11.7. The van der Waals surface area contributed by atoms with Crippen LogP contribution in [0.1, 0.15) is 31.4 Å². The second kappa shape index (κ2) is 9.00. The molecule has 1 fully saturated rings. The Morgan fingerprint density at radius 1 is 1.14 bits per heavy atom. The lowest BCUT2D eigenvalue weighted by atomic mass is 10.1. The van der Waals surface area contributed by atoms with Crippen molar-refractivity contribution in [3.63, 3.8) is 0 Å². The van der Waals surface area contributed by atoms with E-state index in [4.69, 9.17) is 12.2 Å². The van der Waals surface area contributed by atoms with Crippen LogP contribution in [0, 0.1) is 0 Å². The van der Waals surface area contributed by atoms with Crippen molar-refractivity contribution in [3.05, 3.63) is 54.1 Å². The number of thiocarbonyl (C=S) groups is 1. The lowest BCUT2D eigenvalue weighted by molar-refractivity contribution is 0.600. The molecule has 1 saturated heterocycles. The van der Waals surface area contributed by atoms with Gasteiger partial charge in [0.2, 0.25) is 10.0 Å². The molecule has 0 aliphatic carbocycles. The summed E-state index contributed by atoms with van der Waals surface area (Å²) in [5.41, 5.74) is 3.73. The molecule has 1 unspecified atom stereocenters. The van der Waals surface area contributed by atoms with Gasteiger partial charge in [-0.2, -0.15) is 0 Å². The van der Waals surface area contributed by atoms with E-state index in [0.717, 1.165) is 24.3 Å². The van der Waals surface area contributed by atoms with Crippen LogP contribution in [-0.2, 0) is 10.0 Å². The van der Waals surface area contributed by atoms with E-state index in [-0.39, 0.29) is 6.04 Å². The van der Waals surface area contributed by atoms with Crippen LogP contribution in [0.2, 0.25) is 0 Å². The van der Waals surface area contributed by atoms with E-state index in [0.29, 0.717) is 10.8 Å². The van der Waals surface area contributed by atoms with E-state index in [1.165, 1.54) is 36.1 Å².